The number of ether oxygens (including phenoxy) is 1. The summed E-state index contributed by atoms with van der Waals surface area (Å²) in [6.45, 7) is 7.05. The van der Waals surface area contributed by atoms with Gasteiger partial charge in [0, 0.05) is 29.4 Å². The fraction of sp³-hybridized carbons (Fsp3) is 0.292. The van der Waals surface area contributed by atoms with Gasteiger partial charge in [-0.15, -0.1) is 0 Å². The Morgan fingerprint density at radius 2 is 1.83 bits per heavy atom. The quantitative estimate of drug-likeness (QED) is 0.366. The van der Waals surface area contributed by atoms with Crippen LogP contribution in [0, 0.1) is 12.7 Å². The van der Waals surface area contributed by atoms with Gasteiger partial charge in [-0.05, 0) is 69.7 Å². The molecule has 3 N–H and O–H groups in total. The Hall–Kier alpha value is -3.77. The zero-order chi connectivity index (χ0) is 26.6. The number of hydrogen-bond acceptors (Lipinski definition) is 6. The van der Waals surface area contributed by atoms with E-state index >= 15 is 0 Å². The van der Waals surface area contributed by atoms with Crippen molar-refractivity contribution in [2.75, 3.05) is 5.32 Å². The molecule has 0 bridgehead atoms. The third-order valence-corrected chi connectivity index (χ3v) is 7.02. The predicted molar refractivity (Wildman–Crippen MR) is 131 cm³/mol. The summed E-state index contributed by atoms with van der Waals surface area (Å²) < 4.78 is 49.5. The number of aromatic nitrogens is 2. The van der Waals surface area contributed by atoms with Crippen LogP contribution in [0.5, 0.6) is 11.6 Å². The number of rotatable bonds is 10. The van der Waals surface area contributed by atoms with Gasteiger partial charge in [0.1, 0.15) is 16.5 Å². The molecule has 1 atom stereocenters. The van der Waals surface area contributed by atoms with Crippen LogP contribution in [0.4, 0.5) is 10.1 Å². The average Bonchev–Trinajstić information content (AvgIpc) is 3.15. The molecule has 3 rings (SSSR count). The van der Waals surface area contributed by atoms with E-state index in [1.165, 1.54) is 41.9 Å². The maximum Gasteiger partial charge on any atom is 0.356 e. The highest BCUT2D eigenvalue weighted by atomic mass is 32.2. The first-order valence-corrected chi connectivity index (χ1v) is 12.7. The molecular weight excluding hydrogens is 491 g/mol. The van der Waals surface area contributed by atoms with Crippen LogP contribution in [-0.2, 0) is 16.6 Å². The summed E-state index contributed by atoms with van der Waals surface area (Å²) in [4.78, 5) is 23.8. The van der Waals surface area contributed by atoms with E-state index in [9.17, 15) is 27.5 Å². The summed E-state index contributed by atoms with van der Waals surface area (Å²) in [5.74, 6) is -2.30. The number of sulfonamides is 1. The molecule has 2 aromatic carbocycles. The molecule has 3 aromatic rings. The molecule has 0 radical (unpaired) electrons. The van der Waals surface area contributed by atoms with Crippen LogP contribution in [0.25, 0.3) is 0 Å². The van der Waals surface area contributed by atoms with Crippen molar-refractivity contribution in [2.24, 2.45) is 0 Å². The summed E-state index contributed by atoms with van der Waals surface area (Å²) in [6, 6.07) is 8.55. The monoisotopic (exact) mass is 518 g/mol. The van der Waals surface area contributed by atoms with Gasteiger partial charge in [-0.2, -0.15) is 5.10 Å². The molecule has 10 nitrogen and oxygen atoms in total. The lowest BCUT2D eigenvalue weighted by atomic mass is 10.2. The highest BCUT2D eigenvalue weighted by Crippen LogP contribution is 2.34. The lowest BCUT2D eigenvalue weighted by molar-refractivity contribution is 0.0688. The maximum absolute atomic E-state index is 13.2. The van der Waals surface area contributed by atoms with E-state index in [1.807, 2.05) is 6.92 Å². The molecule has 1 amide bonds. The first kappa shape index (κ1) is 26.8. The van der Waals surface area contributed by atoms with Crippen LogP contribution >= 0.6 is 0 Å². The Balaban J connectivity index is 2.05. The number of nitrogens with zero attached hydrogens (tertiary/aromatic N) is 2. The van der Waals surface area contributed by atoms with Gasteiger partial charge in [0.15, 0.2) is 5.69 Å². The molecule has 1 aromatic heterocycles. The Morgan fingerprint density at radius 3 is 2.42 bits per heavy atom. The van der Waals surface area contributed by atoms with E-state index in [0.29, 0.717) is 6.42 Å². The Labute approximate surface area is 208 Å². The summed E-state index contributed by atoms with van der Waals surface area (Å²) in [5.41, 5.74) is 0.365. The molecule has 0 saturated carbocycles. The Morgan fingerprint density at radius 1 is 1.17 bits per heavy atom. The number of amides is 1. The van der Waals surface area contributed by atoms with Gasteiger partial charge in [-0.1, -0.05) is 6.92 Å². The van der Waals surface area contributed by atoms with E-state index in [1.54, 1.807) is 13.8 Å². The number of carbonyl (C=O) groups excluding carboxylic acids is 1. The smallest absolute Gasteiger partial charge is 0.356 e. The number of carbonyl (C=O) groups is 2. The van der Waals surface area contributed by atoms with Crippen molar-refractivity contribution >= 4 is 27.6 Å². The standard InChI is InChI=1S/C24H27FN4O6S/c1-5-14(3)28-36(33,34)20-13-18(26-22(30)16-7-9-17(25)10-8-16)11-12-19(20)35-23-15(4)21(24(31)32)27-29(23)6-2/h7-14,28H,5-6H2,1-4H3,(H,26,30)(H,31,32)/t14-/m1/s1. The SMILES string of the molecule is CC[C@@H](C)NS(=O)(=O)c1cc(NC(=O)c2ccc(F)cc2)ccc1Oc1c(C)c(C(=O)O)nn1CC. The van der Waals surface area contributed by atoms with Gasteiger partial charge in [0.25, 0.3) is 5.91 Å². The molecule has 192 valence electrons. The minimum Gasteiger partial charge on any atom is -0.476 e. The van der Waals surface area contributed by atoms with Gasteiger partial charge < -0.3 is 15.2 Å². The number of aryl methyl sites for hydroxylation is 1. The van der Waals surface area contributed by atoms with Crippen LogP contribution < -0.4 is 14.8 Å². The summed E-state index contributed by atoms with van der Waals surface area (Å²) in [6.07, 6.45) is 0.528. The number of hydrogen-bond donors (Lipinski definition) is 3. The molecule has 0 saturated heterocycles. The maximum atomic E-state index is 13.2. The van der Waals surface area contributed by atoms with Gasteiger partial charge in [-0.25, -0.2) is 27.0 Å². The lowest BCUT2D eigenvalue weighted by Crippen LogP contribution is -2.32. The van der Waals surface area contributed by atoms with Gasteiger partial charge in [0.05, 0.1) is 0 Å². The number of carboxylic acids is 1. The first-order chi connectivity index (χ1) is 17.0. The van der Waals surface area contributed by atoms with Crippen molar-refractivity contribution in [3.05, 3.63) is 65.1 Å². The number of halogens is 1. The van der Waals surface area contributed by atoms with Crippen molar-refractivity contribution in [1.82, 2.24) is 14.5 Å². The van der Waals surface area contributed by atoms with E-state index < -0.39 is 27.7 Å². The lowest BCUT2D eigenvalue weighted by Gasteiger charge is -2.17. The molecule has 12 heteroatoms. The van der Waals surface area contributed by atoms with Crippen LogP contribution in [0.1, 0.15) is 53.6 Å². The minimum atomic E-state index is -4.11. The van der Waals surface area contributed by atoms with Gasteiger partial charge in [0.2, 0.25) is 15.9 Å². The molecule has 0 spiro atoms. The molecule has 0 aliphatic carbocycles. The van der Waals surface area contributed by atoms with Crippen LogP contribution in [-0.4, -0.2) is 41.2 Å². The molecule has 0 unspecified atom stereocenters. The van der Waals surface area contributed by atoms with Crippen LogP contribution in [0.2, 0.25) is 0 Å². The third-order valence-electron chi connectivity index (χ3n) is 5.41. The van der Waals surface area contributed by atoms with Crippen molar-refractivity contribution < 1.29 is 32.2 Å². The molecule has 0 fully saturated rings. The average molecular weight is 519 g/mol. The fourth-order valence-electron chi connectivity index (χ4n) is 3.28. The van der Waals surface area contributed by atoms with E-state index in [4.69, 9.17) is 4.74 Å². The second-order valence-corrected chi connectivity index (χ2v) is 9.74. The number of anilines is 1. The Kier molecular flexibility index (Phi) is 8.10. The topological polar surface area (TPSA) is 140 Å². The van der Waals surface area contributed by atoms with E-state index in [-0.39, 0.29) is 51.6 Å². The predicted octanol–water partition coefficient (Wildman–Crippen LogP) is 4.17. The molecule has 1 heterocycles. The number of carboxylic acid groups (broad SMARTS) is 1. The largest absolute Gasteiger partial charge is 0.476 e. The molecular formula is C24H27FN4O6S. The molecule has 0 aliphatic rings. The van der Waals surface area contributed by atoms with Crippen molar-refractivity contribution in [3.63, 3.8) is 0 Å². The second kappa shape index (κ2) is 10.9. The van der Waals surface area contributed by atoms with Gasteiger partial charge in [-0.3, -0.25) is 4.79 Å². The van der Waals surface area contributed by atoms with Crippen LogP contribution in [0.3, 0.4) is 0 Å². The van der Waals surface area contributed by atoms with Gasteiger partial charge >= 0.3 is 5.97 Å². The summed E-state index contributed by atoms with van der Waals surface area (Å²) in [5, 5.41) is 16.0. The highest BCUT2D eigenvalue weighted by Gasteiger charge is 2.26. The second-order valence-electron chi connectivity index (χ2n) is 8.05. The zero-order valence-electron chi connectivity index (χ0n) is 20.2. The van der Waals surface area contributed by atoms with E-state index in [0.717, 1.165) is 12.1 Å². The normalized spacial score (nSPS) is 12.2. The zero-order valence-corrected chi connectivity index (χ0v) is 21.0. The number of benzene rings is 2. The van der Waals surface area contributed by atoms with Crippen molar-refractivity contribution in [3.8, 4) is 11.6 Å². The van der Waals surface area contributed by atoms with E-state index in [2.05, 4.69) is 15.1 Å². The number of aromatic carboxylic acids is 1. The summed E-state index contributed by atoms with van der Waals surface area (Å²) in [7, 11) is -4.11. The third kappa shape index (κ3) is 5.89. The molecule has 0 aliphatic heterocycles. The fourth-order valence-corrected chi connectivity index (χ4v) is 4.76. The van der Waals surface area contributed by atoms with Crippen LogP contribution in [0.15, 0.2) is 47.4 Å². The first-order valence-electron chi connectivity index (χ1n) is 11.2. The number of nitrogens with one attached hydrogen (secondary N) is 2. The van der Waals surface area contributed by atoms with Crippen molar-refractivity contribution in [1.29, 1.82) is 0 Å². The Bertz CT molecular complexity index is 1390. The van der Waals surface area contributed by atoms with Crippen molar-refractivity contribution in [2.45, 2.75) is 51.6 Å². The summed E-state index contributed by atoms with van der Waals surface area (Å²) >= 11 is 0. The highest BCUT2D eigenvalue weighted by molar-refractivity contribution is 7.89. The minimum absolute atomic E-state index is 0.0815. The molecule has 36 heavy (non-hydrogen) atoms.